The van der Waals surface area contributed by atoms with Crippen LogP contribution in [-0.4, -0.2) is 47.0 Å². The van der Waals surface area contributed by atoms with Crippen molar-refractivity contribution in [2.75, 3.05) is 31.6 Å². The van der Waals surface area contributed by atoms with Gasteiger partial charge in [-0.15, -0.1) is 0 Å². The monoisotopic (exact) mass is 254 g/mol. The van der Waals surface area contributed by atoms with E-state index in [0.717, 1.165) is 30.5 Å². The van der Waals surface area contributed by atoms with Crippen molar-refractivity contribution in [3.63, 3.8) is 0 Å². The van der Waals surface area contributed by atoms with Gasteiger partial charge in [0.25, 0.3) is 0 Å². The van der Waals surface area contributed by atoms with E-state index in [1.807, 2.05) is 0 Å². The molecule has 5 heteroatoms. The van der Waals surface area contributed by atoms with Crippen molar-refractivity contribution < 1.29 is 0 Å². The van der Waals surface area contributed by atoms with E-state index in [1.54, 1.807) is 11.5 Å². The first kappa shape index (κ1) is 12.8. The number of hydrogen-bond acceptors (Lipinski definition) is 5. The van der Waals surface area contributed by atoms with Gasteiger partial charge in [-0.25, -0.2) is 4.98 Å². The number of rotatable bonds is 3. The standard InChI is InChI=1S/C12H22N4S/c1-4-10-9-15(3)7-6-8-16(10)12-13-11(5-2)14-17-12/h10H,4-9H2,1-3H3/t10-/m0/s1. The molecule has 17 heavy (non-hydrogen) atoms. The molecule has 0 aromatic carbocycles. The molecule has 96 valence electrons. The fourth-order valence-corrected chi connectivity index (χ4v) is 3.20. The van der Waals surface area contributed by atoms with E-state index in [1.165, 1.54) is 19.4 Å². The largest absolute Gasteiger partial charge is 0.343 e. The first-order valence-corrected chi connectivity index (χ1v) is 7.29. The maximum atomic E-state index is 4.63. The van der Waals surface area contributed by atoms with Crippen LogP contribution in [0.5, 0.6) is 0 Å². The molecule has 1 aliphatic rings. The highest BCUT2D eigenvalue weighted by atomic mass is 32.1. The Morgan fingerprint density at radius 1 is 1.35 bits per heavy atom. The quantitative estimate of drug-likeness (QED) is 0.826. The van der Waals surface area contributed by atoms with Gasteiger partial charge in [0.1, 0.15) is 5.82 Å². The minimum Gasteiger partial charge on any atom is -0.343 e. The van der Waals surface area contributed by atoms with Crippen molar-refractivity contribution in [1.29, 1.82) is 0 Å². The average Bonchev–Trinajstić information content (AvgIpc) is 2.73. The third-order valence-electron chi connectivity index (χ3n) is 3.39. The Bertz CT molecular complexity index is 352. The van der Waals surface area contributed by atoms with Crippen LogP contribution in [0.4, 0.5) is 5.13 Å². The van der Waals surface area contributed by atoms with Crippen LogP contribution in [-0.2, 0) is 6.42 Å². The molecule has 0 amide bonds. The molecule has 0 spiro atoms. The molecule has 1 aliphatic heterocycles. The fourth-order valence-electron chi connectivity index (χ4n) is 2.35. The van der Waals surface area contributed by atoms with E-state index in [0.29, 0.717) is 6.04 Å². The number of nitrogens with zero attached hydrogens (tertiary/aromatic N) is 4. The maximum absolute atomic E-state index is 4.63. The lowest BCUT2D eigenvalue weighted by Gasteiger charge is -2.29. The molecule has 1 atom stereocenters. The predicted molar refractivity (Wildman–Crippen MR) is 72.8 cm³/mol. The van der Waals surface area contributed by atoms with E-state index >= 15 is 0 Å². The van der Waals surface area contributed by atoms with Gasteiger partial charge in [0.05, 0.1) is 0 Å². The Kier molecular flexibility index (Phi) is 4.34. The summed E-state index contributed by atoms with van der Waals surface area (Å²) in [7, 11) is 2.21. The molecular formula is C12H22N4S. The summed E-state index contributed by atoms with van der Waals surface area (Å²) in [6.45, 7) is 7.81. The number of aromatic nitrogens is 2. The Morgan fingerprint density at radius 2 is 2.18 bits per heavy atom. The van der Waals surface area contributed by atoms with Crippen molar-refractivity contribution in [2.45, 2.75) is 39.2 Å². The smallest absolute Gasteiger partial charge is 0.205 e. The van der Waals surface area contributed by atoms with Crippen molar-refractivity contribution in [3.05, 3.63) is 5.82 Å². The lowest BCUT2D eigenvalue weighted by Crippen LogP contribution is -2.39. The molecule has 1 saturated heterocycles. The molecule has 2 heterocycles. The Morgan fingerprint density at radius 3 is 2.82 bits per heavy atom. The Labute approximate surface area is 108 Å². The summed E-state index contributed by atoms with van der Waals surface area (Å²) in [5.74, 6) is 0.984. The van der Waals surface area contributed by atoms with Crippen LogP contribution in [0.1, 0.15) is 32.5 Å². The first-order valence-electron chi connectivity index (χ1n) is 6.52. The molecule has 0 radical (unpaired) electrons. The predicted octanol–water partition coefficient (Wildman–Crippen LogP) is 2.02. The van der Waals surface area contributed by atoms with Gasteiger partial charge in [-0.05, 0) is 26.4 Å². The summed E-state index contributed by atoms with van der Waals surface area (Å²) in [4.78, 5) is 9.52. The van der Waals surface area contributed by atoms with Crippen LogP contribution in [0.3, 0.4) is 0 Å². The van der Waals surface area contributed by atoms with Gasteiger partial charge in [-0.1, -0.05) is 13.8 Å². The molecule has 1 aromatic rings. The van der Waals surface area contributed by atoms with E-state index in [4.69, 9.17) is 0 Å². The molecule has 0 N–H and O–H groups in total. The summed E-state index contributed by atoms with van der Waals surface area (Å²) >= 11 is 1.56. The summed E-state index contributed by atoms with van der Waals surface area (Å²) in [5, 5.41) is 1.11. The zero-order chi connectivity index (χ0) is 12.3. The highest BCUT2D eigenvalue weighted by Crippen LogP contribution is 2.23. The minimum absolute atomic E-state index is 0.583. The van der Waals surface area contributed by atoms with E-state index in [2.05, 4.69) is 40.1 Å². The van der Waals surface area contributed by atoms with Gasteiger partial charge in [0, 0.05) is 37.1 Å². The Balaban J connectivity index is 2.15. The molecule has 0 aliphatic carbocycles. The van der Waals surface area contributed by atoms with E-state index in [9.17, 15) is 0 Å². The molecule has 0 bridgehead atoms. The van der Waals surface area contributed by atoms with E-state index < -0.39 is 0 Å². The van der Waals surface area contributed by atoms with Gasteiger partial charge in [0.2, 0.25) is 5.13 Å². The van der Waals surface area contributed by atoms with Crippen molar-refractivity contribution in [1.82, 2.24) is 14.3 Å². The van der Waals surface area contributed by atoms with Gasteiger partial charge < -0.3 is 9.80 Å². The molecule has 1 aromatic heterocycles. The first-order chi connectivity index (χ1) is 8.24. The molecule has 1 fully saturated rings. The molecule has 0 unspecified atom stereocenters. The number of anilines is 1. The van der Waals surface area contributed by atoms with Gasteiger partial charge >= 0.3 is 0 Å². The van der Waals surface area contributed by atoms with Crippen LogP contribution in [0.2, 0.25) is 0 Å². The molecule has 0 saturated carbocycles. The Hall–Kier alpha value is -0.680. The summed E-state index contributed by atoms with van der Waals surface area (Å²) in [6.07, 6.45) is 3.32. The normalized spacial score (nSPS) is 22.8. The minimum atomic E-state index is 0.583. The molecule has 2 rings (SSSR count). The second-order valence-electron chi connectivity index (χ2n) is 4.72. The van der Waals surface area contributed by atoms with Gasteiger partial charge in [0.15, 0.2) is 0 Å². The van der Waals surface area contributed by atoms with Crippen LogP contribution < -0.4 is 4.90 Å². The number of aryl methyl sites for hydroxylation is 1. The van der Waals surface area contributed by atoms with Crippen LogP contribution in [0.15, 0.2) is 0 Å². The highest BCUT2D eigenvalue weighted by molar-refractivity contribution is 7.09. The summed E-state index contributed by atoms with van der Waals surface area (Å²) in [5.41, 5.74) is 0. The fraction of sp³-hybridized carbons (Fsp3) is 0.833. The summed E-state index contributed by atoms with van der Waals surface area (Å²) in [6, 6.07) is 0.583. The summed E-state index contributed by atoms with van der Waals surface area (Å²) < 4.78 is 4.40. The SMILES string of the molecule is CCc1nsc(N2CCCN(C)C[C@@H]2CC)n1. The van der Waals surface area contributed by atoms with Crippen LogP contribution in [0, 0.1) is 0 Å². The van der Waals surface area contributed by atoms with Crippen LogP contribution in [0.25, 0.3) is 0 Å². The third-order valence-corrected chi connectivity index (χ3v) is 4.18. The highest BCUT2D eigenvalue weighted by Gasteiger charge is 2.24. The second-order valence-corrected chi connectivity index (χ2v) is 5.45. The second kappa shape index (κ2) is 5.78. The third kappa shape index (κ3) is 2.96. The van der Waals surface area contributed by atoms with Crippen molar-refractivity contribution in [3.8, 4) is 0 Å². The average molecular weight is 254 g/mol. The van der Waals surface area contributed by atoms with Gasteiger partial charge in [-0.3, -0.25) is 0 Å². The van der Waals surface area contributed by atoms with Gasteiger partial charge in [-0.2, -0.15) is 4.37 Å². The zero-order valence-corrected chi connectivity index (χ0v) is 11.8. The van der Waals surface area contributed by atoms with E-state index in [-0.39, 0.29) is 0 Å². The van der Waals surface area contributed by atoms with Crippen molar-refractivity contribution >= 4 is 16.7 Å². The molecule has 4 nitrogen and oxygen atoms in total. The number of likely N-dealkylation sites (N-methyl/N-ethyl adjacent to an activating group) is 1. The number of hydrogen-bond donors (Lipinski definition) is 0. The topological polar surface area (TPSA) is 32.3 Å². The zero-order valence-electron chi connectivity index (χ0n) is 11.0. The molecular weight excluding hydrogens is 232 g/mol. The lowest BCUT2D eigenvalue weighted by molar-refractivity contribution is 0.328. The van der Waals surface area contributed by atoms with Crippen LogP contribution >= 0.6 is 11.5 Å². The lowest BCUT2D eigenvalue weighted by atomic mass is 10.2. The maximum Gasteiger partial charge on any atom is 0.205 e. The van der Waals surface area contributed by atoms with Crippen molar-refractivity contribution in [2.24, 2.45) is 0 Å².